The molecule has 0 unspecified atom stereocenters. The van der Waals surface area contributed by atoms with Crippen LogP contribution in [0.5, 0.6) is 17.2 Å². The van der Waals surface area contributed by atoms with Crippen molar-refractivity contribution in [2.45, 2.75) is 18.4 Å². The van der Waals surface area contributed by atoms with Crippen molar-refractivity contribution in [2.24, 2.45) is 0 Å². The third-order valence-electron chi connectivity index (χ3n) is 6.40. The Bertz CT molecular complexity index is 1370. The van der Waals surface area contributed by atoms with Crippen molar-refractivity contribution in [1.82, 2.24) is 9.80 Å². The first-order chi connectivity index (χ1) is 17.9. The molecular formula is C27H29N3O6S. The minimum atomic E-state index is -3.73. The quantitative estimate of drug-likeness (QED) is 0.484. The van der Waals surface area contributed by atoms with E-state index in [-0.39, 0.29) is 24.2 Å². The molecule has 5 rings (SSSR count). The number of aryl methyl sites for hydroxylation is 1. The number of sulfonamides is 1. The molecule has 1 amide bonds. The fourth-order valence-electron chi connectivity index (χ4n) is 4.35. The van der Waals surface area contributed by atoms with E-state index in [0.717, 1.165) is 36.7 Å². The summed E-state index contributed by atoms with van der Waals surface area (Å²) in [6.07, 6.45) is 0. The number of fused-ring (bicyclic) bond motifs is 1. The van der Waals surface area contributed by atoms with Gasteiger partial charge >= 0.3 is 0 Å². The van der Waals surface area contributed by atoms with Crippen molar-refractivity contribution in [3.8, 4) is 17.2 Å². The molecule has 2 aliphatic rings. The normalized spacial score (nSPS) is 15.4. The van der Waals surface area contributed by atoms with Crippen LogP contribution >= 0.6 is 0 Å². The first-order valence-corrected chi connectivity index (χ1v) is 13.6. The molecule has 9 nitrogen and oxygen atoms in total. The number of nitrogens with zero attached hydrogens (tertiary/aromatic N) is 2. The molecule has 1 saturated heterocycles. The minimum Gasteiger partial charge on any atom is -0.483 e. The fraction of sp³-hybridized carbons (Fsp3) is 0.296. The van der Waals surface area contributed by atoms with Crippen LogP contribution in [0, 0.1) is 6.92 Å². The average molecular weight is 524 g/mol. The Hall–Kier alpha value is -3.76. The molecule has 0 saturated carbocycles. The number of ether oxygens (including phenoxy) is 3. The maximum Gasteiger partial charge on any atom is 0.261 e. The molecular weight excluding hydrogens is 494 g/mol. The number of rotatable bonds is 8. The lowest BCUT2D eigenvalue weighted by Gasteiger charge is -2.34. The Balaban J connectivity index is 1.11. The van der Waals surface area contributed by atoms with Crippen molar-refractivity contribution in [2.75, 3.05) is 44.3 Å². The maximum absolute atomic E-state index is 12.8. The summed E-state index contributed by atoms with van der Waals surface area (Å²) in [6, 6.07) is 19.3. The maximum atomic E-state index is 12.8. The van der Waals surface area contributed by atoms with E-state index in [0.29, 0.717) is 30.1 Å². The molecule has 3 aromatic carbocycles. The topological polar surface area (TPSA) is 97.4 Å². The van der Waals surface area contributed by atoms with E-state index in [9.17, 15) is 13.2 Å². The van der Waals surface area contributed by atoms with E-state index in [2.05, 4.69) is 9.62 Å². The van der Waals surface area contributed by atoms with Crippen LogP contribution in [0.2, 0.25) is 0 Å². The summed E-state index contributed by atoms with van der Waals surface area (Å²) in [6.45, 7) is 5.47. The van der Waals surface area contributed by atoms with Gasteiger partial charge in [-0.05, 0) is 60.5 Å². The molecule has 10 heteroatoms. The summed E-state index contributed by atoms with van der Waals surface area (Å²) < 4.78 is 44.5. The van der Waals surface area contributed by atoms with Gasteiger partial charge in [-0.25, -0.2) is 8.42 Å². The SMILES string of the molecule is Cc1cc(S(=O)(=O)Nc2ccccc2)ccc1OCC(=O)N1CCN(Cc2ccc3c(c2)OCO3)CC1. The fourth-order valence-corrected chi connectivity index (χ4v) is 5.50. The molecule has 2 heterocycles. The third kappa shape index (κ3) is 5.98. The van der Waals surface area contributed by atoms with E-state index >= 15 is 0 Å². The van der Waals surface area contributed by atoms with Gasteiger partial charge in [0.25, 0.3) is 15.9 Å². The first kappa shape index (κ1) is 24.9. The summed E-state index contributed by atoms with van der Waals surface area (Å²) >= 11 is 0. The zero-order chi connectivity index (χ0) is 25.8. The van der Waals surface area contributed by atoms with Gasteiger partial charge in [-0.15, -0.1) is 0 Å². The zero-order valence-electron chi connectivity index (χ0n) is 20.6. The lowest BCUT2D eigenvalue weighted by molar-refractivity contribution is -0.135. The number of hydrogen-bond acceptors (Lipinski definition) is 7. The minimum absolute atomic E-state index is 0.0930. The van der Waals surface area contributed by atoms with Gasteiger partial charge < -0.3 is 19.1 Å². The molecule has 1 N–H and O–H groups in total. The van der Waals surface area contributed by atoms with Crippen molar-refractivity contribution >= 4 is 21.6 Å². The molecule has 0 atom stereocenters. The van der Waals surface area contributed by atoms with Crippen molar-refractivity contribution < 1.29 is 27.4 Å². The van der Waals surface area contributed by atoms with Gasteiger partial charge in [0, 0.05) is 38.4 Å². The van der Waals surface area contributed by atoms with Crippen LogP contribution in [0.25, 0.3) is 0 Å². The Morgan fingerprint density at radius 1 is 0.946 bits per heavy atom. The summed E-state index contributed by atoms with van der Waals surface area (Å²) in [5.74, 6) is 1.93. The van der Waals surface area contributed by atoms with Gasteiger partial charge in [0.1, 0.15) is 5.75 Å². The van der Waals surface area contributed by atoms with Crippen molar-refractivity contribution in [1.29, 1.82) is 0 Å². The van der Waals surface area contributed by atoms with Gasteiger partial charge in [0.15, 0.2) is 18.1 Å². The smallest absolute Gasteiger partial charge is 0.261 e. The highest BCUT2D eigenvalue weighted by Crippen LogP contribution is 2.33. The number of nitrogens with one attached hydrogen (secondary N) is 1. The summed E-state index contributed by atoms with van der Waals surface area (Å²) in [4.78, 5) is 17.0. The Morgan fingerprint density at radius 3 is 2.46 bits per heavy atom. The summed E-state index contributed by atoms with van der Waals surface area (Å²) in [7, 11) is -3.73. The van der Waals surface area contributed by atoms with Crippen molar-refractivity contribution in [3.63, 3.8) is 0 Å². The number of para-hydroxylation sites is 1. The van der Waals surface area contributed by atoms with Crippen LogP contribution in [0.3, 0.4) is 0 Å². The third-order valence-corrected chi connectivity index (χ3v) is 7.78. The second-order valence-electron chi connectivity index (χ2n) is 9.03. The largest absolute Gasteiger partial charge is 0.483 e. The Labute approximate surface area is 216 Å². The van der Waals surface area contributed by atoms with E-state index in [4.69, 9.17) is 14.2 Å². The summed E-state index contributed by atoms with van der Waals surface area (Å²) in [5, 5.41) is 0. The number of piperazine rings is 1. The molecule has 0 aromatic heterocycles. The highest BCUT2D eigenvalue weighted by molar-refractivity contribution is 7.92. The first-order valence-electron chi connectivity index (χ1n) is 12.1. The van der Waals surface area contributed by atoms with Crippen LogP contribution in [0.15, 0.2) is 71.6 Å². The lowest BCUT2D eigenvalue weighted by atomic mass is 10.1. The van der Waals surface area contributed by atoms with Crippen LogP contribution < -0.4 is 18.9 Å². The molecule has 2 aliphatic heterocycles. The number of carbonyl (C=O) groups is 1. The highest BCUT2D eigenvalue weighted by Gasteiger charge is 2.23. The van der Waals surface area contributed by atoms with Gasteiger partial charge in [0.2, 0.25) is 6.79 Å². The van der Waals surface area contributed by atoms with Gasteiger partial charge in [-0.2, -0.15) is 0 Å². The highest BCUT2D eigenvalue weighted by atomic mass is 32.2. The molecule has 0 spiro atoms. The number of benzene rings is 3. The lowest BCUT2D eigenvalue weighted by Crippen LogP contribution is -2.49. The van der Waals surface area contributed by atoms with Gasteiger partial charge in [-0.3, -0.25) is 14.4 Å². The Morgan fingerprint density at radius 2 is 1.70 bits per heavy atom. The predicted octanol–water partition coefficient (Wildman–Crippen LogP) is 3.25. The van der Waals surface area contributed by atoms with Crippen molar-refractivity contribution in [3.05, 3.63) is 77.9 Å². The molecule has 0 radical (unpaired) electrons. The van der Waals surface area contributed by atoms with Gasteiger partial charge in [-0.1, -0.05) is 24.3 Å². The monoisotopic (exact) mass is 523 g/mol. The number of amides is 1. The van der Waals surface area contributed by atoms with Crippen LogP contribution in [0.4, 0.5) is 5.69 Å². The van der Waals surface area contributed by atoms with E-state index in [1.54, 1.807) is 48.2 Å². The van der Waals surface area contributed by atoms with E-state index in [1.165, 1.54) is 6.07 Å². The predicted molar refractivity (Wildman–Crippen MR) is 138 cm³/mol. The molecule has 3 aromatic rings. The van der Waals surface area contributed by atoms with E-state index < -0.39 is 10.0 Å². The zero-order valence-corrected chi connectivity index (χ0v) is 21.4. The second kappa shape index (κ2) is 10.7. The van der Waals surface area contributed by atoms with Crippen LogP contribution in [-0.2, 0) is 21.4 Å². The number of carbonyl (C=O) groups excluding carboxylic acids is 1. The Kier molecular flexibility index (Phi) is 7.20. The number of anilines is 1. The summed E-state index contributed by atoms with van der Waals surface area (Å²) in [5.41, 5.74) is 2.27. The molecule has 0 bridgehead atoms. The molecule has 37 heavy (non-hydrogen) atoms. The van der Waals surface area contributed by atoms with Gasteiger partial charge in [0.05, 0.1) is 4.90 Å². The molecule has 0 aliphatic carbocycles. The average Bonchev–Trinajstić information content (AvgIpc) is 3.36. The van der Waals surface area contributed by atoms with E-state index in [1.807, 2.05) is 24.3 Å². The number of hydrogen-bond donors (Lipinski definition) is 1. The molecule has 1 fully saturated rings. The van der Waals surface area contributed by atoms with Crippen LogP contribution in [-0.4, -0.2) is 63.7 Å². The van der Waals surface area contributed by atoms with Crippen LogP contribution in [0.1, 0.15) is 11.1 Å². The standard InChI is InChI=1S/C27H29N3O6S/c1-20-15-23(37(32,33)28-22-5-3-2-4-6-22)8-10-24(20)34-18-27(31)30-13-11-29(12-14-30)17-21-7-9-25-26(16-21)36-19-35-25/h2-10,15-16,28H,11-14,17-19H2,1H3. The second-order valence-corrected chi connectivity index (χ2v) is 10.7. The molecule has 194 valence electrons.